The molecule has 0 saturated carbocycles. The summed E-state index contributed by atoms with van der Waals surface area (Å²) in [7, 11) is 0. The van der Waals surface area contributed by atoms with E-state index in [2.05, 4.69) is 15.5 Å². The Hall–Kier alpha value is -1.60. The second-order valence-corrected chi connectivity index (χ2v) is 6.03. The molecule has 18 heavy (non-hydrogen) atoms. The van der Waals surface area contributed by atoms with Gasteiger partial charge in [-0.1, -0.05) is 41.3 Å². The van der Waals surface area contributed by atoms with Crippen LogP contribution in [0.3, 0.4) is 0 Å². The van der Waals surface area contributed by atoms with Gasteiger partial charge in [0.2, 0.25) is 5.13 Å². The molecule has 1 heterocycles. The molecule has 0 spiro atoms. The molecule has 2 N–H and O–H groups in total. The highest BCUT2D eigenvalue weighted by atomic mass is 32.2. The van der Waals surface area contributed by atoms with Crippen LogP contribution in [0.5, 0.6) is 0 Å². The van der Waals surface area contributed by atoms with Gasteiger partial charge < -0.3 is 10.4 Å². The molecule has 1 atom stereocenters. The Morgan fingerprint density at radius 3 is 2.78 bits per heavy atom. The Morgan fingerprint density at radius 2 is 2.11 bits per heavy atom. The number of aromatic nitrogens is 2. The first-order chi connectivity index (χ1) is 8.65. The highest BCUT2D eigenvalue weighted by Gasteiger charge is 2.15. The van der Waals surface area contributed by atoms with Crippen molar-refractivity contribution in [2.24, 2.45) is 0 Å². The second-order valence-electron chi connectivity index (χ2n) is 3.46. The first-order valence-electron chi connectivity index (χ1n) is 5.20. The third kappa shape index (κ3) is 3.44. The van der Waals surface area contributed by atoms with Crippen molar-refractivity contribution in [3.63, 3.8) is 0 Å². The lowest BCUT2D eigenvalue weighted by Gasteiger charge is -2.01. The van der Waals surface area contributed by atoms with Crippen LogP contribution in [0.2, 0.25) is 0 Å². The number of anilines is 2. The van der Waals surface area contributed by atoms with Crippen LogP contribution >= 0.6 is 23.1 Å². The van der Waals surface area contributed by atoms with E-state index in [1.807, 2.05) is 30.3 Å². The average molecular weight is 281 g/mol. The smallest absolute Gasteiger partial charge is 0.316 e. The molecular weight excluding hydrogens is 270 g/mol. The minimum atomic E-state index is -0.854. The van der Waals surface area contributed by atoms with Gasteiger partial charge >= 0.3 is 5.97 Å². The second kappa shape index (κ2) is 5.83. The summed E-state index contributed by atoms with van der Waals surface area (Å²) in [5, 5.41) is 20.0. The highest BCUT2D eigenvalue weighted by Crippen LogP contribution is 2.30. The molecule has 0 aliphatic carbocycles. The van der Waals surface area contributed by atoms with Gasteiger partial charge in [0.15, 0.2) is 4.34 Å². The van der Waals surface area contributed by atoms with Gasteiger partial charge in [0.1, 0.15) is 5.25 Å². The molecule has 0 radical (unpaired) electrons. The van der Waals surface area contributed by atoms with Crippen molar-refractivity contribution < 1.29 is 9.90 Å². The largest absolute Gasteiger partial charge is 0.480 e. The standard InChI is InChI=1S/C11H11N3O2S2/c1-7(9(15)16)17-11-14-13-10(18-11)12-8-5-3-2-4-6-8/h2-7H,1H3,(H,12,13)(H,15,16). The normalized spacial score (nSPS) is 12.1. The zero-order valence-corrected chi connectivity index (χ0v) is 11.2. The zero-order chi connectivity index (χ0) is 13.0. The lowest BCUT2D eigenvalue weighted by atomic mass is 10.3. The Morgan fingerprint density at radius 1 is 1.39 bits per heavy atom. The fraction of sp³-hybridized carbons (Fsp3) is 0.182. The van der Waals surface area contributed by atoms with Gasteiger partial charge in [-0.2, -0.15) is 0 Å². The lowest BCUT2D eigenvalue weighted by Crippen LogP contribution is -2.10. The SMILES string of the molecule is CC(Sc1nnc(Nc2ccccc2)s1)C(=O)O. The van der Waals surface area contributed by atoms with Gasteiger partial charge in [0.25, 0.3) is 0 Å². The zero-order valence-electron chi connectivity index (χ0n) is 9.53. The van der Waals surface area contributed by atoms with E-state index in [1.54, 1.807) is 6.92 Å². The Bertz CT molecular complexity index is 530. The van der Waals surface area contributed by atoms with Crippen molar-refractivity contribution in [2.45, 2.75) is 16.5 Å². The molecule has 7 heteroatoms. The van der Waals surface area contributed by atoms with Crippen LogP contribution in [0.25, 0.3) is 0 Å². The number of carboxylic acid groups (broad SMARTS) is 1. The molecule has 0 aliphatic rings. The first-order valence-corrected chi connectivity index (χ1v) is 6.90. The van der Waals surface area contributed by atoms with Crippen molar-refractivity contribution in [3.8, 4) is 0 Å². The fourth-order valence-electron chi connectivity index (χ4n) is 1.15. The summed E-state index contributed by atoms with van der Waals surface area (Å²) in [6, 6.07) is 9.63. The van der Waals surface area contributed by atoms with E-state index < -0.39 is 11.2 Å². The molecule has 0 amide bonds. The summed E-state index contributed by atoms with van der Waals surface area (Å²) in [5.41, 5.74) is 0.927. The van der Waals surface area contributed by atoms with Crippen LogP contribution in [0, 0.1) is 0 Å². The number of thioether (sulfide) groups is 1. The Labute approximate surface area is 112 Å². The number of benzene rings is 1. The van der Waals surface area contributed by atoms with Gasteiger partial charge in [-0.05, 0) is 19.1 Å². The molecule has 1 unspecified atom stereocenters. The van der Waals surface area contributed by atoms with Crippen LogP contribution in [-0.2, 0) is 4.79 Å². The van der Waals surface area contributed by atoms with Crippen molar-refractivity contribution >= 4 is 39.9 Å². The van der Waals surface area contributed by atoms with Crippen LogP contribution in [0.15, 0.2) is 34.7 Å². The summed E-state index contributed by atoms with van der Waals surface area (Å²) >= 11 is 2.53. The van der Waals surface area contributed by atoms with E-state index in [1.165, 1.54) is 23.1 Å². The number of carboxylic acids is 1. The first kappa shape index (κ1) is 12.8. The van der Waals surface area contributed by atoms with Gasteiger partial charge in [0, 0.05) is 5.69 Å². The number of rotatable bonds is 5. The van der Waals surface area contributed by atoms with Crippen molar-refractivity contribution in [1.82, 2.24) is 10.2 Å². The summed E-state index contributed by atoms with van der Waals surface area (Å²) in [6.45, 7) is 1.62. The molecule has 5 nitrogen and oxygen atoms in total. The third-order valence-electron chi connectivity index (χ3n) is 2.06. The quantitative estimate of drug-likeness (QED) is 0.821. The number of para-hydroxylation sites is 1. The highest BCUT2D eigenvalue weighted by molar-refractivity contribution is 8.02. The third-order valence-corrected chi connectivity index (χ3v) is 4.07. The number of aliphatic carboxylic acids is 1. The van der Waals surface area contributed by atoms with Gasteiger partial charge in [-0.15, -0.1) is 10.2 Å². The average Bonchev–Trinajstić information content (AvgIpc) is 2.77. The number of hydrogen-bond acceptors (Lipinski definition) is 6. The van der Waals surface area contributed by atoms with Crippen molar-refractivity contribution in [3.05, 3.63) is 30.3 Å². The summed E-state index contributed by atoms with van der Waals surface area (Å²) in [5.74, 6) is -0.854. The molecule has 0 saturated heterocycles. The lowest BCUT2D eigenvalue weighted by molar-refractivity contribution is -0.136. The van der Waals surface area contributed by atoms with Crippen LogP contribution in [0.1, 0.15) is 6.92 Å². The predicted molar refractivity (Wildman–Crippen MR) is 72.6 cm³/mol. The van der Waals surface area contributed by atoms with Crippen LogP contribution < -0.4 is 5.32 Å². The molecule has 1 aromatic heterocycles. The van der Waals surface area contributed by atoms with E-state index in [-0.39, 0.29) is 0 Å². The monoisotopic (exact) mass is 281 g/mol. The maximum absolute atomic E-state index is 10.7. The maximum atomic E-state index is 10.7. The van der Waals surface area contributed by atoms with E-state index >= 15 is 0 Å². The predicted octanol–water partition coefficient (Wildman–Crippen LogP) is 2.85. The molecule has 2 aromatic rings. The number of nitrogens with zero attached hydrogens (tertiary/aromatic N) is 2. The fourth-order valence-corrected chi connectivity index (χ4v) is 3.01. The van der Waals surface area contributed by atoms with E-state index in [0.29, 0.717) is 9.47 Å². The molecule has 94 valence electrons. The molecule has 0 fully saturated rings. The Balaban J connectivity index is 2.00. The maximum Gasteiger partial charge on any atom is 0.316 e. The summed E-state index contributed by atoms with van der Waals surface area (Å²) < 4.78 is 0.642. The van der Waals surface area contributed by atoms with Gasteiger partial charge in [0.05, 0.1) is 0 Å². The van der Waals surface area contributed by atoms with E-state index in [4.69, 9.17) is 5.11 Å². The number of hydrogen-bond donors (Lipinski definition) is 2. The minimum Gasteiger partial charge on any atom is -0.480 e. The van der Waals surface area contributed by atoms with Crippen LogP contribution in [-0.4, -0.2) is 26.5 Å². The van der Waals surface area contributed by atoms with Gasteiger partial charge in [-0.25, -0.2) is 0 Å². The van der Waals surface area contributed by atoms with Crippen LogP contribution in [0.4, 0.5) is 10.8 Å². The summed E-state index contributed by atoms with van der Waals surface area (Å²) in [6.07, 6.45) is 0. The molecular formula is C11H11N3O2S2. The molecule has 0 bridgehead atoms. The van der Waals surface area contributed by atoms with E-state index in [9.17, 15) is 4.79 Å². The molecule has 1 aromatic carbocycles. The number of carbonyl (C=O) groups is 1. The van der Waals surface area contributed by atoms with E-state index in [0.717, 1.165) is 5.69 Å². The Kier molecular flexibility index (Phi) is 4.16. The van der Waals surface area contributed by atoms with Crippen molar-refractivity contribution in [2.75, 3.05) is 5.32 Å². The topological polar surface area (TPSA) is 75.1 Å². The molecule has 0 aliphatic heterocycles. The number of nitrogens with one attached hydrogen (secondary N) is 1. The molecule has 2 rings (SSSR count). The van der Waals surface area contributed by atoms with Crippen molar-refractivity contribution in [1.29, 1.82) is 0 Å². The minimum absolute atomic E-state index is 0.525. The van der Waals surface area contributed by atoms with Gasteiger partial charge in [-0.3, -0.25) is 4.79 Å². The summed E-state index contributed by atoms with van der Waals surface area (Å²) in [4.78, 5) is 10.7.